The molecule has 184 valence electrons. The van der Waals surface area contributed by atoms with Crippen molar-refractivity contribution in [3.8, 4) is 0 Å². The van der Waals surface area contributed by atoms with Crippen LogP contribution in [-0.2, 0) is 44.9 Å². The first-order valence-corrected chi connectivity index (χ1v) is 14.3. The Balaban J connectivity index is 2.63. The third kappa shape index (κ3) is 7.21. The molecule has 2 aromatic rings. The van der Waals surface area contributed by atoms with E-state index in [0.29, 0.717) is 5.92 Å². The predicted octanol–water partition coefficient (Wildman–Crippen LogP) is 9.75. The molecule has 0 aliphatic carbocycles. The van der Waals surface area contributed by atoms with Gasteiger partial charge in [-0.2, -0.15) is 0 Å². The van der Waals surface area contributed by atoms with E-state index in [1.54, 1.807) is 44.5 Å². The van der Waals surface area contributed by atoms with Crippen LogP contribution in [0.5, 0.6) is 0 Å². The van der Waals surface area contributed by atoms with E-state index in [-0.39, 0.29) is 0 Å². The number of rotatable bonds is 15. The fourth-order valence-electron chi connectivity index (χ4n) is 5.93. The lowest BCUT2D eigenvalue weighted by Crippen LogP contribution is -2.13. The molecule has 0 aromatic heterocycles. The summed E-state index contributed by atoms with van der Waals surface area (Å²) in [6.07, 6.45) is 15.9. The van der Waals surface area contributed by atoms with E-state index in [2.05, 4.69) is 72.7 Å². The van der Waals surface area contributed by atoms with Gasteiger partial charge in [-0.05, 0) is 95.4 Å². The molecule has 2 rings (SSSR count). The molecule has 2 aromatic carbocycles. The highest BCUT2D eigenvalue weighted by Gasteiger charge is 2.21. The zero-order valence-electron chi connectivity index (χ0n) is 23.1. The van der Waals surface area contributed by atoms with Crippen molar-refractivity contribution in [1.29, 1.82) is 0 Å². The molecular formula is C33H52. The van der Waals surface area contributed by atoms with Crippen LogP contribution in [0.2, 0.25) is 0 Å². The van der Waals surface area contributed by atoms with Gasteiger partial charge in [0.05, 0.1) is 0 Å². The zero-order valence-corrected chi connectivity index (χ0v) is 23.1. The van der Waals surface area contributed by atoms with Crippen LogP contribution in [-0.4, -0.2) is 0 Å². The van der Waals surface area contributed by atoms with Crippen molar-refractivity contribution in [2.75, 3.05) is 0 Å². The lowest BCUT2D eigenvalue weighted by molar-refractivity contribution is 0.697. The van der Waals surface area contributed by atoms with E-state index in [1.807, 2.05) is 0 Å². The quantitative estimate of drug-likeness (QED) is 0.254. The fraction of sp³-hybridized carbons (Fsp3) is 0.636. The molecular weight excluding hydrogens is 396 g/mol. The van der Waals surface area contributed by atoms with Crippen molar-refractivity contribution in [2.24, 2.45) is 0 Å². The first kappa shape index (κ1) is 27.7. The second-order valence-corrected chi connectivity index (χ2v) is 10.2. The summed E-state index contributed by atoms with van der Waals surface area (Å²) in [7, 11) is 0. The largest absolute Gasteiger partial charge is 0.0651 e. The van der Waals surface area contributed by atoms with E-state index >= 15 is 0 Å². The van der Waals surface area contributed by atoms with E-state index in [4.69, 9.17) is 0 Å². The van der Waals surface area contributed by atoms with Gasteiger partial charge < -0.3 is 0 Å². The van der Waals surface area contributed by atoms with Gasteiger partial charge >= 0.3 is 0 Å². The van der Waals surface area contributed by atoms with E-state index in [0.717, 1.165) is 0 Å². The number of benzene rings is 2. The number of aryl methyl sites for hydroxylation is 4. The Bertz CT molecular complexity index is 842. The van der Waals surface area contributed by atoms with Crippen molar-refractivity contribution in [2.45, 2.75) is 138 Å². The average molecular weight is 449 g/mol. The van der Waals surface area contributed by atoms with Gasteiger partial charge in [-0.1, -0.05) is 111 Å². The molecule has 33 heavy (non-hydrogen) atoms. The zero-order chi connectivity index (χ0) is 24.2. The summed E-state index contributed by atoms with van der Waals surface area (Å²) in [5.74, 6) is 0.577. The monoisotopic (exact) mass is 448 g/mol. The highest BCUT2D eigenvalue weighted by atomic mass is 14.3. The van der Waals surface area contributed by atoms with Crippen molar-refractivity contribution in [3.63, 3.8) is 0 Å². The summed E-state index contributed by atoms with van der Waals surface area (Å²) in [4.78, 5) is 0. The summed E-state index contributed by atoms with van der Waals surface area (Å²) in [6.45, 7) is 16.5. The smallest absolute Gasteiger partial charge is 0.0144 e. The van der Waals surface area contributed by atoms with Crippen LogP contribution >= 0.6 is 0 Å². The standard InChI is InChI=1S/C33H52/c1-8-14-26-20-21-28(16-10-3)32(30(26)18-12-5)24-25(7)33-29(17-11-4)23-22-27(15-9-2)31(33)19-13-6/h20-23,25H,8-19,24H2,1-7H3. The average Bonchev–Trinajstić information content (AvgIpc) is 2.80. The molecule has 0 bridgehead atoms. The molecule has 0 nitrogen and oxygen atoms in total. The van der Waals surface area contributed by atoms with Gasteiger partial charge in [0.2, 0.25) is 0 Å². The third-order valence-corrected chi connectivity index (χ3v) is 7.25. The maximum absolute atomic E-state index is 2.53. The molecule has 0 aliphatic rings. The van der Waals surface area contributed by atoms with E-state index < -0.39 is 0 Å². The van der Waals surface area contributed by atoms with Gasteiger partial charge in [0.15, 0.2) is 0 Å². The van der Waals surface area contributed by atoms with Crippen LogP contribution in [0.25, 0.3) is 0 Å². The molecule has 0 aliphatic heterocycles. The van der Waals surface area contributed by atoms with Gasteiger partial charge in [-0.25, -0.2) is 0 Å². The molecule has 0 saturated carbocycles. The van der Waals surface area contributed by atoms with Gasteiger partial charge in [0, 0.05) is 0 Å². The van der Waals surface area contributed by atoms with Gasteiger partial charge in [-0.15, -0.1) is 0 Å². The molecule has 0 heteroatoms. The fourth-order valence-corrected chi connectivity index (χ4v) is 5.93. The molecule has 0 amide bonds. The third-order valence-electron chi connectivity index (χ3n) is 7.25. The van der Waals surface area contributed by atoms with Crippen LogP contribution in [0.1, 0.15) is 137 Å². The van der Waals surface area contributed by atoms with Gasteiger partial charge in [0.25, 0.3) is 0 Å². The summed E-state index contributed by atoms with van der Waals surface area (Å²) in [5.41, 5.74) is 13.2. The predicted molar refractivity (Wildman–Crippen MR) is 149 cm³/mol. The van der Waals surface area contributed by atoms with Crippen LogP contribution in [0.15, 0.2) is 24.3 Å². The molecule has 0 fully saturated rings. The minimum absolute atomic E-state index is 0.577. The summed E-state index contributed by atoms with van der Waals surface area (Å²) >= 11 is 0. The lowest BCUT2D eigenvalue weighted by atomic mass is 9.78. The Hall–Kier alpha value is -1.56. The maximum Gasteiger partial charge on any atom is -0.0144 e. The highest BCUT2D eigenvalue weighted by Crippen LogP contribution is 2.35. The number of hydrogen-bond acceptors (Lipinski definition) is 0. The van der Waals surface area contributed by atoms with Crippen LogP contribution in [0.4, 0.5) is 0 Å². The molecule has 0 heterocycles. The molecule has 0 spiro atoms. The number of hydrogen-bond donors (Lipinski definition) is 0. The lowest BCUT2D eigenvalue weighted by Gasteiger charge is -2.26. The Morgan fingerprint density at radius 1 is 0.455 bits per heavy atom. The molecule has 1 atom stereocenters. The minimum atomic E-state index is 0.577. The summed E-state index contributed by atoms with van der Waals surface area (Å²) < 4.78 is 0. The minimum Gasteiger partial charge on any atom is -0.0651 e. The van der Waals surface area contributed by atoms with Crippen LogP contribution in [0, 0.1) is 0 Å². The highest BCUT2D eigenvalue weighted by molar-refractivity contribution is 5.47. The summed E-state index contributed by atoms with van der Waals surface area (Å²) in [6, 6.07) is 9.87. The first-order valence-electron chi connectivity index (χ1n) is 14.3. The second-order valence-electron chi connectivity index (χ2n) is 10.2. The van der Waals surface area contributed by atoms with E-state index in [9.17, 15) is 0 Å². The Labute approximate surface area is 206 Å². The van der Waals surface area contributed by atoms with Crippen LogP contribution in [0.3, 0.4) is 0 Å². The maximum atomic E-state index is 2.53. The molecule has 0 radical (unpaired) electrons. The van der Waals surface area contributed by atoms with Crippen molar-refractivity contribution >= 4 is 0 Å². The van der Waals surface area contributed by atoms with Crippen molar-refractivity contribution in [1.82, 2.24) is 0 Å². The molecule has 1 unspecified atom stereocenters. The Morgan fingerprint density at radius 2 is 0.818 bits per heavy atom. The van der Waals surface area contributed by atoms with Gasteiger partial charge in [0.1, 0.15) is 0 Å². The van der Waals surface area contributed by atoms with Crippen molar-refractivity contribution in [3.05, 3.63) is 68.8 Å². The normalized spacial score (nSPS) is 12.3. The topological polar surface area (TPSA) is 0 Å². The van der Waals surface area contributed by atoms with Crippen LogP contribution < -0.4 is 0 Å². The Kier molecular flexibility index (Phi) is 12.3. The van der Waals surface area contributed by atoms with E-state index in [1.165, 1.54) is 83.5 Å². The second kappa shape index (κ2) is 14.6. The first-order chi connectivity index (χ1) is 16.1. The Morgan fingerprint density at radius 3 is 1.30 bits per heavy atom. The van der Waals surface area contributed by atoms with Crippen molar-refractivity contribution < 1.29 is 0 Å². The van der Waals surface area contributed by atoms with Gasteiger partial charge in [-0.3, -0.25) is 0 Å². The molecule has 0 N–H and O–H groups in total. The summed E-state index contributed by atoms with van der Waals surface area (Å²) in [5, 5.41) is 0. The molecule has 0 saturated heterocycles. The SMILES string of the molecule is CCCc1ccc(CCC)c(CC(C)c2c(CCC)ccc(CCC)c2CCC)c1CCC.